The lowest BCUT2D eigenvalue weighted by Crippen LogP contribution is -2.08. The Morgan fingerprint density at radius 1 is 1.23 bits per heavy atom. The Morgan fingerprint density at radius 3 is 2.73 bits per heavy atom. The van der Waals surface area contributed by atoms with Crippen LogP contribution < -0.4 is 5.32 Å². The first kappa shape index (κ1) is 14.9. The van der Waals surface area contributed by atoms with E-state index in [-0.39, 0.29) is 5.69 Å². The van der Waals surface area contributed by atoms with E-state index < -0.39 is 10.8 Å². The van der Waals surface area contributed by atoms with Crippen LogP contribution in [0.5, 0.6) is 0 Å². The molecule has 0 aliphatic rings. The van der Waals surface area contributed by atoms with Crippen molar-refractivity contribution in [1.29, 1.82) is 5.26 Å². The van der Waals surface area contributed by atoms with Crippen LogP contribution in [0.1, 0.15) is 11.1 Å². The summed E-state index contributed by atoms with van der Waals surface area (Å²) in [5.41, 5.74) is 1.27. The van der Waals surface area contributed by atoms with Crippen LogP contribution in [0, 0.1) is 21.4 Å². The molecule has 0 fully saturated rings. The van der Waals surface area contributed by atoms with Crippen molar-refractivity contribution in [1.82, 2.24) is 0 Å². The van der Waals surface area contributed by atoms with E-state index >= 15 is 0 Å². The van der Waals surface area contributed by atoms with Gasteiger partial charge in [-0.3, -0.25) is 14.9 Å². The zero-order valence-corrected chi connectivity index (χ0v) is 11.4. The first-order valence-corrected chi connectivity index (χ1v) is 6.33. The van der Waals surface area contributed by atoms with Gasteiger partial charge in [-0.25, -0.2) is 0 Å². The first-order chi connectivity index (χ1) is 10.6. The summed E-state index contributed by atoms with van der Waals surface area (Å²) >= 11 is 0. The van der Waals surface area contributed by atoms with Gasteiger partial charge in [-0.05, 0) is 23.8 Å². The monoisotopic (exact) mass is 293 g/mol. The fraction of sp³-hybridized carbons (Fsp3) is 0. The van der Waals surface area contributed by atoms with Crippen LogP contribution in [0.2, 0.25) is 0 Å². The number of carbonyl (C=O) groups excluding carboxylic acids is 1. The molecule has 0 saturated carbocycles. The second kappa shape index (κ2) is 6.81. The smallest absolute Gasteiger partial charge is 0.270 e. The number of nitro groups is 1. The Hall–Kier alpha value is -3.46. The van der Waals surface area contributed by atoms with Gasteiger partial charge >= 0.3 is 0 Å². The van der Waals surface area contributed by atoms with E-state index in [4.69, 9.17) is 5.26 Å². The maximum Gasteiger partial charge on any atom is 0.270 e. The lowest BCUT2D eigenvalue weighted by molar-refractivity contribution is -0.384. The van der Waals surface area contributed by atoms with Crippen LogP contribution in [0.25, 0.3) is 6.08 Å². The Kier molecular flexibility index (Phi) is 4.63. The molecule has 2 aromatic rings. The van der Waals surface area contributed by atoms with Crippen molar-refractivity contribution in [2.45, 2.75) is 0 Å². The number of para-hydroxylation sites is 1. The molecular weight excluding hydrogens is 282 g/mol. The van der Waals surface area contributed by atoms with Crippen molar-refractivity contribution in [3.05, 3.63) is 75.8 Å². The molecular formula is C16H11N3O3. The molecule has 0 spiro atoms. The predicted octanol–water partition coefficient (Wildman–Crippen LogP) is 3.12. The van der Waals surface area contributed by atoms with Crippen molar-refractivity contribution < 1.29 is 9.72 Å². The van der Waals surface area contributed by atoms with Gasteiger partial charge in [0.15, 0.2) is 0 Å². The van der Waals surface area contributed by atoms with Gasteiger partial charge in [-0.2, -0.15) is 5.26 Å². The minimum Gasteiger partial charge on any atom is -0.321 e. The summed E-state index contributed by atoms with van der Waals surface area (Å²) in [6, 6.07) is 14.6. The van der Waals surface area contributed by atoms with Crippen LogP contribution in [0.15, 0.2) is 54.6 Å². The summed E-state index contributed by atoms with van der Waals surface area (Å²) in [5, 5.41) is 22.2. The molecule has 6 heteroatoms. The number of benzene rings is 2. The zero-order chi connectivity index (χ0) is 15.9. The molecule has 0 aliphatic carbocycles. The standard InChI is InChI=1S/C16H11N3O3/c17-11-13-5-1-2-7-15(13)18-16(20)9-8-12-4-3-6-14(10-12)19(21)22/h1-10H,(H,18,20)/b9-8+. The van der Waals surface area contributed by atoms with E-state index in [0.29, 0.717) is 16.8 Å². The molecule has 0 radical (unpaired) electrons. The fourth-order valence-electron chi connectivity index (χ4n) is 1.78. The molecule has 0 saturated heterocycles. The van der Waals surface area contributed by atoms with Gasteiger partial charge in [0.2, 0.25) is 5.91 Å². The third-order valence-corrected chi connectivity index (χ3v) is 2.81. The van der Waals surface area contributed by atoms with Crippen molar-refractivity contribution in [2.24, 2.45) is 0 Å². The summed E-state index contributed by atoms with van der Waals surface area (Å²) in [7, 11) is 0. The van der Waals surface area contributed by atoms with Crippen LogP contribution >= 0.6 is 0 Å². The SMILES string of the molecule is N#Cc1ccccc1NC(=O)/C=C/c1cccc([N+](=O)[O-])c1. The number of nitrogens with zero attached hydrogens (tertiary/aromatic N) is 2. The molecule has 2 rings (SSSR count). The molecule has 2 aromatic carbocycles. The van der Waals surface area contributed by atoms with Gasteiger partial charge in [-0.1, -0.05) is 24.3 Å². The number of anilines is 1. The highest BCUT2D eigenvalue weighted by molar-refractivity contribution is 6.02. The topological polar surface area (TPSA) is 96.0 Å². The van der Waals surface area contributed by atoms with Crippen LogP contribution in [0.4, 0.5) is 11.4 Å². The number of hydrogen-bond donors (Lipinski definition) is 1. The Balaban J connectivity index is 2.10. The van der Waals surface area contributed by atoms with Crippen molar-refractivity contribution in [3.63, 3.8) is 0 Å². The summed E-state index contributed by atoms with van der Waals surface area (Å²) in [6.45, 7) is 0. The maximum atomic E-state index is 11.8. The van der Waals surface area contributed by atoms with Gasteiger partial charge in [-0.15, -0.1) is 0 Å². The zero-order valence-electron chi connectivity index (χ0n) is 11.4. The molecule has 0 aromatic heterocycles. The summed E-state index contributed by atoms with van der Waals surface area (Å²) in [4.78, 5) is 22.0. The molecule has 22 heavy (non-hydrogen) atoms. The van der Waals surface area contributed by atoms with Gasteiger partial charge in [0.25, 0.3) is 5.69 Å². The van der Waals surface area contributed by atoms with E-state index in [2.05, 4.69) is 5.32 Å². The molecule has 1 amide bonds. The first-order valence-electron chi connectivity index (χ1n) is 6.33. The second-order valence-electron chi connectivity index (χ2n) is 4.33. The number of carbonyl (C=O) groups is 1. The van der Waals surface area contributed by atoms with E-state index in [9.17, 15) is 14.9 Å². The average Bonchev–Trinajstić information content (AvgIpc) is 2.53. The molecule has 0 unspecified atom stereocenters. The summed E-state index contributed by atoms with van der Waals surface area (Å²) < 4.78 is 0. The number of nitriles is 1. The molecule has 108 valence electrons. The largest absolute Gasteiger partial charge is 0.321 e. The predicted molar refractivity (Wildman–Crippen MR) is 81.9 cm³/mol. The van der Waals surface area contributed by atoms with Crippen molar-refractivity contribution in [2.75, 3.05) is 5.32 Å². The van der Waals surface area contributed by atoms with E-state index in [1.807, 2.05) is 6.07 Å². The van der Waals surface area contributed by atoms with Gasteiger partial charge in [0.05, 0.1) is 16.2 Å². The third-order valence-electron chi connectivity index (χ3n) is 2.81. The highest BCUT2D eigenvalue weighted by Crippen LogP contribution is 2.15. The minimum absolute atomic E-state index is 0.0441. The summed E-state index contributed by atoms with van der Waals surface area (Å²) in [5.74, 6) is -0.422. The highest BCUT2D eigenvalue weighted by Gasteiger charge is 2.05. The van der Waals surface area contributed by atoms with Crippen LogP contribution in [-0.4, -0.2) is 10.8 Å². The molecule has 1 N–H and O–H groups in total. The molecule has 0 bridgehead atoms. The molecule has 0 heterocycles. The molecule has 0 aliphatic heterocycles. The number of nitrogens with one attached hydrogen (secondary N) is 1. The van der Waals surface area contributed by atoms with Crippen LogP contribution in [0.3, 0.4) is 0 Å². The maximum absolute atomic E-state index is 11.8. The molecule has 6 nitrogen and oxygen atoms in total. The lowest BCUT2D eigenvalue weighted by Gasteiger charge is -2.03. The summed E-state index contributed by atoms with van der Waals surface area (Å²) in [6.07, 6.45) is 2.73. The van der Waals surface area contributed by atoms with Gasteiger partial charge < -0.3 is 5.32 Å². The van der Waals surface area contributed by atoms with Crippen molar-refractivity contribution in [3.8, 4) is 6.07 Å². The number of non-ortho nitro benzene ring substituents is 1. The number of amides is 1. The molecule has 0 atom stereocenters. The number of hydrogen-bond acceptors (Lipinski definition) is 4. The second-order valence-corrected chi connectivity index (χ2v) is 4.33. The number of nitro benzene ring substituents is 1. The highest BCUT2D eigenvalue weighted by atomic mass is 16.6. The third kappa shape index (κ3) is 3.77. The van der Waals surface area contributed by atoms with Crippen molar-refractivity contribution >= 4 is 23.4 Å². The van der Waals surface area contributed by atoms with Gasteiger partial charge in [0.1, 0.15) is 6.07 Å². The minimum atomic E-state index is -0.499. The quantitative estimate of drug-likeness (QED) is 0.532. The van der Waals surface area contributed by atoms with E-state index in [1.54, 1.807) is 36.4 Å². The lowest BCUT2D eigenvalue weighted by atomic mass is 10.2. The Morgan fingerprint density at radius 2 is 2.00 bits per heavy atom. The van der Waals surface area contributed by atoms with Crippen LogP contribution in [-0.2, 0) is 4.79 Å². The van der Waals surface area contributed by atoms with E-state index in [1.165, 1.54) is 24.3 Å². The Labute approximate surface area is 126 Å². The number of rotatable bonds is 4. The van der Waals surface area contributed by atoms with E-state index in [0.717, 1.165) is 0 Å². The van der Waals surface area contributed by atoms with Gasteiger partial charge in [0, 0.05) is 18.2 Å². The fourth-order valence-corrected chi connectivity index (χ4v) is 1.78. The normalized spacial score (nSPS) is 10.1. The average molecular weight is 293 g/mol. The Bertz CT molecular complexity index is 791.